The molecule has 0 amide bonds. The number of hydrogen-bond acceptors (Lipinski definition) is 0. The van der Waals surface area contributed by atoms with Gasteiger partial charge in [-0.05, 0) is 46.0 Å². The zero-order valence-electron chi connectivity index (χ0n) is 14.9. The Labute approximate surface area is 133 Å². The Kier molecular flexibility index (Phi) is 14.4. The van der Waals surface area contributed by atoms with E-state index in [4.69, 9.17) is 0 Å². The van der Waals surface area contributed by atoms with Crippen molar-refractivity contribution < 1.29 is 4.39 Å². The molecule has 1 heteroatoms. The van der Waals surface area contributed by atoms with Crippen LogP contribution in [0.25, 0.3) is 0 Å². The van der Waals surface area contributed by atoms with E-state index < -0.39 is 5.67 Å². The molecule has 0 fully saturated rings. The molecule has 0 N–H and O–H groups in total. The van der Waals surface area contributed by atoms with Crippen LogP contribution in [0.4, 0.5) is 4.39 Å². The summed E-state index contributed by atoms with van der Waals surface area (Å²) in [6.45, 7) is 5.63. The van der Waals surface area contributed by atoms with Gasteiger partial charge in [-0.2, -0.15) is 0 Å². The Bertz CT molecular complexity index is 224. The minimum Gasteiger partial charge on any atom is -0.245 e. The van der Waals surface area contributed by atoms with Gasteiger partial charge in [0.25, 0.3) is 0 Å². The molecule has 0 rings (SSSR count). The predicted molar refractivity (Wildman–Crippen MR) is 94.6 cm³/mol. The van der Waals surface area contributed by atoms with Crippen LogP contribution < -0.4 is 0 Å². The Morgan fingerprint density at radius 2 is 1.10 bits per heavy atom. The zero-order chi connectivity index (χ0) is 15.8. The first-order chi connectivity index (χ1) is 10.1. The van der Waals surface area contributed by atoms with E-state index in [1.165, 1.54) is 77.0 Å². The van der Waals surface area contributed by atoms with Crippen molar-refractivity contribution in [3.8, 4) is 0 Å². The molecule has 0 unspecified atom stereocenters. The molecule has 0 saturated heterocycles. The van der Waals surface area contributed by atoms with Gasteiger partial charge in [-0.25, -0.2) is 4.39 Å². The van der Waals surface area contributed by atoms with Gasteiger partial charge in [0, 0.05) is 0 Å². The van der Waals surface area contributed by atoms with Crippen LogP contribution in [0.2, 0.25) is 0 Å². The summed E-state index contributed by atoms with van der Waals surface area (Å²) < 4.78 is 13.2. The highest BCUT2D eigenvalue weighted by Crippen LogP contribution is 2.18. The maximum Gasteiger partial charge on any atom is 0.105 e. The lowest BCUT2D eigenvalue weighted by Gasteiger charge is -2.12. The largest absolute Gasteiger partial charge is 0.245 e. The highest BCUT2D eigenvalue weighted by atomic mass is 19.1. The molecule has 0 aliphatic rings. The minimum absolute atomic E-state index is 0.713. The summed E-state index contributed by atoms with van der Waals surface area (Å²) in [5.74, 6) is 0. The van der Waals surface area contributed by atoms with Crippen molar-refractivity contribution >= 4 is 0 Å². The van der Waals surface area contributed by atoms with E-state index in [0.29, 0.717) is 6.42 Å². The SMILES string of the molecule is CCCCCCCC/C=C\CCCCCCCC(C)(C)F. The van der Waals surface area contributed by atoms with Crippen LogP contribution in [0.5, 0.6) is 0 Å². The van der Waals surface area contributed by atoms with Crippen LogP contribution >= 0.6 is 0 Å². The maximum absolute atomic E-state index is 13.2. The van der Waals surface area contributed by atoms with E-state index in [1.807, 2.05) is 0 Å². The normalized spacial score (nSPS) is 12.4. The van der Waals surface area contributed by atoms with E-state index in [-0.39, 0.29) is 0 Å². The second-order valence-electron chi connectivity index (χ2n) is 7.05. The number of alkyl halides is 1. The molecular weight excluding hydrogens is 259 g/mol. The van der Waals surface area contributed by atoms with Gasteiger partial charge in [0.15, 0.2) is 0 Å². The van der Waals surface area contributed by atoms with Crippen LogP contribution in [-0.4, -0.2) is 5.67 Å². The van der Waals surface area contributed by atoms with E-state index in [0.717, 1.165) is 6.42 Å². The molecular formula is C20H39F. The molecule has 0 bridgehead atoms. The molecule has 21 heavy (non-hydrogen) atoms. The summed E-state index contributed by atoms with van der Waals surface area (Å²) >= 11 is 0. The summed E-state index contributed by atoms with van der Waals surface area (Å²) in [5.41, 5.74) is -0.973. The van der Waals surface area contributed by atoms with Crippen LogP contribution in [-0.2, 0) is 0 Å². The van der Waals surface area contributed by atoms with Gasteiger partial charge < -0.3 is 0 Å². The first kappa shape index (κ1) is 20.7. The Morgan fingerprint density at radius 3 is 1.57 bits per heavy atom. The molecule has 0 aromatic heterocycles. The lowest BCUT2D eigenvalue weighted by molar-refractivity contribution is 0.195. The van der Waals surface area contributed by atoms with Crippen molar-refractivity contribution in [1.29, 1.82) is 0 Å². The summed E-state index contributed by atoms with van der Waals surface area (Å²) in [4.78, 5) is 0. The Hall–Kier alpha value is -0.330. The van der Waals surface area contributed by atoms with Crippen molar-refractivity contribution in [2.24, 2.45) is 0 Å². The van der Waals surface area contributed by atoms with Gasteiger partial charge in [-0.1, -0.05) is 76.9 Å². The zero-order valence-corrected chi connectivity index (χ0v) is 14.9. The van der Waals surface area contributed by atoms with Gasteiger partial charge in [0.05, 0.1) is 0 Å². The Morgan fingerprint density at radius 1 is 0.667 bits per heavy atom. The smallest absolute Gasteiger partial charge is 0.105 e. The standard InChI is InChI=1S/C20H39F/c1-4-5-6-7-8-9-10-11-12-13-14-15-16-17-18-19-20(2,3)21/h11-12H,4-10,13-19H2,1-3H3/b12-11-. The fourth-order valence-electron chi connectivity index (χ4n) is 2.62. The van der Waals surface area contributed by atoms with Crippen molar-refractivity contribution in [2.75, 3.05) is 0 Å². The number of unbranched alkanes of at least 4 members (excludes halogenated alkanes) is 11. The molecule has 0 radical (unpaired) electrons. The van der Waals surface area contributed by atoms with Crippen molar-refractivity contribution in [3.63, 3.8) is 0 Å². The average molecular weight is 299 g/mol. The molecule has 0 aliphatic carbocycles. The quantitative estimate of drug-likeness (QED) is 0.214. The number of halogens is 1. The molecule has 0 nitrogen and oxygen atoms in total. The lowest BCUT2D eigenvalue weighted by Crippen LogP contribution is -2.10. The van der Waals surface area contributed by atoms with Gasteiger partial charge in [0.2, 0.25) is 0 Å². The molecule has 0 heterocycles. The molecule has 0 aliphatic heterocycles. The van der Waals surface area contributed by atoms with Crippen molar-refractivity contribution in [3.05, 3.63) is 12.2 Å². The van der Waals surface area contributed by atoms with Crippen LogP contribution in [0.1, 0.15) is 111 Å². The molecule has 0 aromatic rings. The Balaban J connectivity index is 3.12. The number of hydrogen-bond donors (Lipinski definition) is 0. The first-order valence-electron chi connectivity index (χ1n) is 9.40. The van der Waals surface area contributed by atoms with E-state index in [9.17, 15) is 4.39 Å². The topological polar surface area (TPSA) is 0 Å². The summed E-state index contributed by atoms with van der Waals surface area (Å²) in [7, 11) is 0. The van der Waals surface area contributed by atoms with E-state index >= 15 is 0 Å². The third kappa shape index (κ3) is 19.7. The van der Waals surface area contributed by atoms with Gasteiger partial charge in [0.1, 0.15) is 5.67 Å². The van der Waals surface area contributed by atoms with E-state index in [2.05, 4.69) is 19.1 Å². The van der Waals surface area contributed by atoms with Crippen LogP contribution in [0.15, 0.2) is 12.2 Å². The average Bonchev–Trinajstić information content (AvgIpc) is 2.42. The van der Waals surface area contributed by atoms with Crippen molar-refractivity contribution in [1.82, 2.24) is 0 Å². The predicted octanol–water partition coefficient (Wildman–Crippen LogP) is 7.77. The fraction of sp³-hybridized carbons (Fsp3) is 0.900. The summed E-state index contributed by atoms with van der Waals surface area (Å²) in [5, 5.41) is 0. The molecule has 0 saturated carbocycles. The fourth-order valence-corrected chi connectivity index (χ4v) is 2.62. The third-order valence-corrected chi connectivity index (χ3v) is 4.03. The van der Waals surface area contributed by atoms with Gasteiger partial charge in [-0.15, -0.1) is 0 Å². The second-order valence-corrected chi connectivity index (χ2v) is 7.05. The summed E-state index contributed by atoms with van der Waals surface area (Å²) in [6.07, 6.45) is 22.3. The van der Waals surface area contributed by atoms with Gasteiger partial charge in [-0.3, -0.25) is 0 Å². The number of rotatable bonds is 15. The highest BCUT2D eigenvalue weighted by Gasteiger charge is 2.13. The summed E-state index contributed by atoms with van der Waals surface area (Å²) in [6, 6.07) is 0. The van der Waals surface area contributed by atoms with E-state index in [1.54, 1.807) is 13.8 Å². The van der Waals surface area contributed by atoms with Gasteiger partial charge >= 0.3 is 0 Å². The molecule has 0 spiro atoms. The lowest BCUT2D eigenvalue weighted by atomic mass is 10.0. The monoisotopic (exact) mass is 298 g/mol. The van der Waals surface area contributed by atoms with Crippen LogP contribution in [0.3, 0.4) is 0 Å². The maximum atomic E-state index is 13.2. The second kappa shape index (κ2) is 14.6. The molecule has 0 atom stereocenters. The van der Waals surface area contributed by atoms with Crippen LogP contribution in [0, 0.1) is 0 Å². The van der Waals surface area contributed by atoms with Crippen molar-refractivity contribution in [2.45, 2.75) is 116 Å². The minimum atomic E-state index is -0.973. The first-order valence-corrected chi connectivity index (χ1v) is 9.40. The molecule has 126 valence electrons. The highest BCUT2D eigenvalue weighted by molar-refractivity contribution is 4.81. The number of allylic oxidation sites excluding steroid dienone is 2. The molecule has 0 aromatic carbocycles. The third-order valence-electron chi connectivity index (χ3n) is 4.03.